The summed E-state index contributed by atoms with van der Waals surface area (Å²) in [6.07, 6.45) is 1.22. The van der Waals surface area contributed by atoms with E-state index in [1.165, 1.54) is 28.9 Å². The van der Waals surface area contributed by atoms with Crippen LogP contribution in [-0.2, 0) is 21.7 Å². The van der Waals surface area contributed by atoms with Gasteiger partial charge in [-0.1, -0.05) is 18.2 Å². The van der Waals surface area contributed by atoms with Gasteiger partial charge >= 0.3 is 0 Å². The summed E-state index contributed by atoms with van der Waals surface area (Å²) in [5.74, 6) is -0.572. The first-order chi connectivity index (χ1) is 13.1. The van der Waals surface area contributed by atoms with Gasteiger partial charge < -0.3 is 5.32 Å². The van der Waals surface area contributed by atoms with Gasteiger partial charge in [0, 0.05) is 31.1 Å². The highest BCUT2D eigenvalue weighted by Gasteiger charge is 2.34. The van der Waals surface area contributed by atoms with Crippen LogP contribution in [-0.4, -0.2) is 42.7 Å². The molecule has 3 rings (SSSR count). The van der Waals surface area contributed by atoms with Crippen molar-refractivity contribution in [2.45, 2.75) is 30.1 Å². The zero-order chi connectivity index (χ0) is 20.5. The van der Waals surface area contributed by atoms with Gasteiger partial charge in [-0.3, -0.25) is 9.48 Å². The molecule has 1 unspecified atom stereocenters. The van der Waals surface area contributed by atoms with Gasteiger partial charge in [-0.25, -0.2) is 17.2 Å². The van der Waals surface area contributed by atoms with Crippen molar-refractivity contribution in [3.8, 4) is 0 Å². The number of halogens is 2. The molecule has 0 radical (unpaired) electrons. The van der Waals surface area contributed by atoms with E-state index in [4.69, 9.17) is 0 Å². The summed E-state index contributed by atoms with van der Waals surface area (Å²) in [5, 5.41) is 6.74. The molecule has 150 valence electrons. The summed E-state index contributed by atoms with van der Waals surface area (Å²) in [4.78, 5) is 12.9. The van der Waals surface area contributed by atoms with E-state index in [0.29, 0.717) is 11.4 Å². The maximum atomic E-state index is 13.6. The monoisotopic (exact) mass is 409 g/mol. The number of rotatable bonds is 5. The smallest absolute Gasteiger partial charge is 0.257 e. The van der Waals surface area contributed by atoms with Gasteiger partial charge in [-0.2, -0.15) is 5.10 Å². The Labute approximate surface area is 162 Å². The van der Waals surface area contributed by atoms with Crippen LogP contribution in [0.1, 0.15) is 18.4 Å². The Kier molecular flexibility index (Phi) is 5.64. The summed E-state index contributed by atoms with van der Waals surface area (Å²) in [6.45, 7) is 0. The molecule has 1 aliphatic rings. The number of alkyl halides is 2. The molecule has 1 heterocycles. The molecule has 1 amide bonds. The average molecular weight is 409 g/mol. The van der Waals surface area contributed by atoms with E-state index in [2.05, 4.69) is 10.4 Å². The highest BCUT2D eigenvalue weighted by molar-refractivity contribution is 7.90. The van der Waals surface area contributed by atoms with Crippen molar-refractivity contribution in [3.63, 3.8) is 0 Å². The lowest BCUT2D eigenvalue weighted by atomic mass is 9.98. The maximum absolute atomic E-state index is 13.6. The number of benzene rings is 1. The number of sulfone groups is 1. The third-order valence-corrected chi connectivity index (χ3v) is 5.77. The molecule has 1 N–H and O–H groups in total. The lowest BCUT2D eigenvalue weighted by molar-refractivity contribution is -0.111. The van der Waals surface area contributed by atoms with Crippen LogP contribution >= 0.6 is 0 Å². The van der Waals surface area contributed by atoms with Crippen molar-refractivity contribution in [2.24, 2.45) is 13.0 Å². The number of carbonyl (C=O) groups excluding carboxylic acids is 1. The molecule has 2 aromatic rings. The van der Waals surface area contributed by atoms with Gasteiger partial charge in [-0.15, -0.1) is 0 Å². The van der Waals surface area contributed by atoms with Gasteiger partial charge in [0.25, 0.3) is 5.91 Å². The molecule has 28 heavy (non-hydrogen) atoms. The molecular weight excluding hydrogens is 388 g/mol. The second kappa shape index (κ2) is 7.83. The minimum Gasteiger partial charge on any atom is -0.305 e. The number of anilines is 1. The lowest BCUT2D eigenvalue weighted by Crippen LogP contribution is -2.15. The van der Waals surface area contributed by atoms with E-state index >= 15 is 0 Å². The van der Waals surface area contributed by atoms with E-state index in [0.717, 1.165) is 6.26 Å². The third-order valence-electron chi connectivity index (χ3n) is 4.64. The molecule has 0 bridgehead atoms. The number of aryl methyl sites for hydroxylation is 1. The fraction of sp³-hybridized carbons (Fsp3) is 0.368. The topological polar surface area (TPSA) is 81.1 Å². The Bertz CT molecular complexity index is 990. The van der Waals surface area contributed by atoms with E-state index < -0.39 is 34.0 Å². The van der Waals surface area contributed by atoms with Crippen LogP contribution in [0, 0.1) is 5.92 Å². The quantitative estimate of drug-likeness (QED) is 0.770. The number of aromatic nitrogens is 2. The molecule has 1 aromatic carbocycles. The van der Waals surface area contributed by atoms with Crippen molar-refractivity contribution in [1.29, 1.82) is 0 Å². The number of allylic oxidation sites excluding steroid dienone is 1. The van der Waals surface area contributed by atoms with Crippen molar-refractivity contribution >= 4 is 27.1 Å². The van der Waals surface area contributed by atoms with Crippen LogP contribution in [0.5, 0.6) is 0 Å². The summed E-state index contributed by atoms with van der Waals surface area (Å²) in [5.41, 5.74) is 0.676. The summed E-state index contributed by atoms with van der Waals surface area (Å²) < 4.78 is 52.0. The van der Waals surface area contributed by atoms with Crippen molar-refractivity contribution in [1.82, 2.24) is 9.78 Å². The maximum Gasteiger partial charge on any atom is 0.257 e. The fourth-order valence-corrected chi connectivity index (χ4v) is 3.82. The Morgan fingerprint density at radius 1 is 1.18 bits per heavy atom. The van der Waals surface area contributed by atoms with E-state index in [1.54, 1.807) is 25.4 Å². The predicted octanol–water partition coefficient (Wildman–Crippen LogP) is 2.93. The Morgan fingerprint density at radius 2 is 1.79 bits per heavy atom. The normalized spacial score (nSPS) is 23.0. The number of amides is 1. The number of hydrogen-bond donors (Lipinski definition) is 1. The van der Waals surface area contributed by atoms with E-state index in [1.807, 2.05) is 0 Å². The minimum atomic E-state index is -3.38. The zero-order valence-electron chi connectivity index (χ0n) is 15.5. The number of hydrogen-bond acceptors (Lipinski definition) is 4. The number of nitrogens with zero attached hydrogens (tertiary/aromatic N) is 2. The van der Waals surface area contributed by atoms with E-state index in [-0.39, 0.29) is 23.3 Å². The highest BCUT2D eigenvalue weighted by atomic mass is 32.2. The summed E-state index contributed by atoms with van der Waals surface area (Å²) in [7, 11) is -1.67. The van der Waals surface area contributed by atoms with Crippen LogP contribution in [0.2, 0.25) is 0 Å². The summed E-state index contributed by atoms with van der Waals surface area (Å²) in [6, 6.07) is 7.44. The Balaban J connectivity index is 1.93. The van der Waals surface area contributed by atoms with Gasteiger partial charge in [-0.05, 0) is 36.5 Å². The first-order valence-electron chi connectivity index (χ1n) is 8.75. The molecule has 1 aromatic heterocycles. The standard InChI is InChI=1S/C19H21F2N3O3S/c1-24-8-7-18(23-24)22-19(25)15(9-12-10-16(20)17(21)11-12)13-3-5-14(6-4-13)28(2,26)27/h3-9,12,16-17H,10-11H2,1-2H3,(H,22,23,25)/t12?,16-,17+. The molecule has 0 saturated heterocycles. The van der Waals surface area contributed by atoms with Gasteiger partial charge in [0.1, 0.15) is 12.3 Å². The molecule has 9 heteroatoms. The first-order valence-corrected chi connectivity index (χ1v) is 10.6. The van der Waals surface area contributed by atoms with Crippen LogP contribution < -0.4 is 5.32 Å². The largest absolute Gasteiger partial charge is 0.305 e. The van der Waals surface area contributed by atoms with Crippen LogP contribution in [0.15, 0.2) is 47.5 Å². The molecule has 6 nitrogen and oxygen atoms in total. The Hall–Kier alpha value is -2.55. The van der Waals surface area contributed by atoms with Gasteiger partial charge in [0.2, 0.25) is 0 Å². The second-order valence-corrected chi connectivity index (χ2v) is 8.98. The molecule has 1 saturated carbocycles. The fourth-order valence-electron chi connectivity index (χ4n) is 3.19. The van der Waals surface area contributed by atoms with E-state index in [9.17, 15) is 22.0 Å². The molecule has 0 spiro atoms. The first kappa shape index (κ1) is 20.2. The molecule has 1 aliphatic carbocycles. The highest BCUT2D eigenvalue weighted by Crippen LogP contribution is 2.34. The van der Waals surface area contributed by atoms with Crippen molar-refractivity contribution < 1.29 is 22.0 Å². The van der Waals surface area contributed by atoms with Gasteiger partial charge in [0.15, 0.2) is 15.7 Å². The average Bonchev–Trinajstić information content (AvgIpc) is 3.17. The molecule has 3 atom stereocenters. The molecule has 0 aliphatic heterocycles. The minimum absolute atomic E-state index is 0.00293. The number of carbonyl (C=O) groups is 1. The molecule has 1 fully saturated rings. The zero-order valence-corrected chi connectivity index (χ0v) is 16.3. The van der Waals surface area contributed by atoms with Gasteiger partial charge in [0.05, 0.1) is 4.90 Å². The number of nitrogens with one attached hydrogen (secondary N) is 1. The van der Waals surface area contributed by atoms with Crippen LogP contribution in [0.25, 0.3) is 5.57 Å². The second-order valence-electron chi connectivity index (χ2n) is 6.97. The lowest BCUT2D eigenvalue weighted by Gasteiger charge is -2.11. The van der Waals surface area contributed by atoms with Crippen molar-refractivity contribution in [3.05, 3.63) is 48.2 Å². The van der Waals surface area contributed by atoms with Crippen LogP contribution in [0.3, 0.4) is 0 Å². The SMILES string of the molecule is Cn1ccc(NC(=O)C(=CC2C[C@@H](F)[C@@H](F)C2)c2ccc(S(C)(=O)=O)cc2)n1. The third kappa shape index (κ3) is 4.64. The van der Waals surface area contributed by atoms with Crippen molar-refractivity contribution in [2.75, 3.05) is 11.6 Å². The van der Waals surface area contributed by atoms with Crippen LogP contribution in [0.4, 0.5) is 14.6 Å². The molecular formula is C19H21F2N3O3S. The Morgan fingerprint density at radius 3 is 2.29 bits per heavy atom. The summed E-state index contributed by atoms with van der Waals surface area (Å²) >= 11 is 0. The predicted molar refractivity (Wildman–Crippen MR) is 102 cm³/mol.